The highest BCUT2D eigenvalue weighted by molar-refractivity contribution is 9.10. The number of anilines is 1. The van der Waals surface area contributed by atoms with E-state index in [9.17, 15) is 12.8 Å². The molecule has 0 spiro atoms. The molecule has 0 aliphatic heterocycles. The smallest absolute Gasteiger partial charge is 0.263 e. The van der Waals surface area contributed by atoms with Crippen molar-refractivity contribution in [3.63, 3.8) is 0 Å². The zero-order chi connectivity index (χ0) is 14.9. The van der Waals surface area contributed by atoms with Gasteiger partial charge in [0.15, 0.2) is 0 Å². The molecule has 2 aromatic rings. The number of benzene rings is 1. The summed E-state index contributed by atoms with van der Waals surface area (Å²) in [6, 6.07) is 5.19. The van der Waals surface area contributed by atoms with Crippen LogP contribution in [0.2, 0.25) is 0 Å². The Morgan fingerprint density at radius 2 is 2.05 bits per heavy atom. The second-order valence-electron chi connectivity index (χ2n) is 4.44. The van der Waals surface area contributed by atoms with Gasteiger partial charge in [-0.1, -0.05) is 0 Å². The lowest BCUT2D eigenvalue weighted by Gasteiger charge is -2.13. The molecule has 0 fully saturated rings. The molecule has 0 aliphatic carbocycles. The fourth-order valence-electron chi connectivity index (χ4n) is 1.65. The number of rotatable bonds is 4. The third-order valence-electron chi connectivity index (χ3n) is 2.60. The molecule has 20 heavy (non-hydrogen) atoms. The lowest BCUT2D eigenvalue weighted by Crippen LogP contribution is -2.17. The van der Waals surface area contributed by atoms with Crippen molar-refractivity contribution in [2.75, 3.05) is 4.72 Å². The third-order valence-corrected chi connectivity index (χ3v) is 4.60. The number of nitrogens with zero attached hydrogens (tertiary/aromatic N) is 2. The summed E-state index contributed by atoms with van der Waals surface area (Å²) in [5.41, 5.74) is 0. The van der Waals surface area contributed by atoms with Crippen LogP contribution in [0.4, 0.5) is 10.2 Å². The van der Waals surface area contributed by atoms with Crippen molar-refractivity contribution in [3.05, 3.63) is 40.8 Å². The van der Waals surface area contributed by atoms with Crippen molar-refractivity contribution < 1.29 is 12.8 Å². The predicted octanol–water partition coefficient (Wildman–Crippen LogP) is 3.17. The van der Waals surface area contributed by atoms with Crippen molar-refractivity contribution in [1.29, 1.82) is 0 Å². The molecule has 1 aromatic heterocycles. The maximum absolute atomic E-state index is 13.4. The molecule has 1 aromatic carbocycles. The molecule has 0 aliphatic rings. The van der Waals surface area contributed by atoms with Crippen LogP contribution >= 0.6 is 15.9 Å². The number of hydrogen-bond donors (Lipinski definition) is 1. The van der Waals surface area contributed by atoms with Gasteiger partial charge in [-0.3, -0.25) is 4.72 Å². The molecule has 0 unspecified atom stereocenters. The minimum absolute atomic E-state index is 0.00403. The van der Waals surface area contributed by atoms with Crippen LogP contribution in [0, 0.1) is 5.82 Å². The molecule has 0 saturated heterocycles. The van der Waals surface area contributed by atoms with E-state index in [-0.39, 0.29) is 15.4 Å². The van der Waals surface area contributed by atoms with Crippen LogP contribution in [-0.4, -0.2) is 18.2 Å². The van der Waals surface area contributed by atoms with Crippen LogP contribution < -0.4 is 4.72 Å². The van der Waals surface area contributed by atoms with E-state index in [1.54, 1.807) is 6.07 Å². The Balaban J connectivity index is 2.36. The molecule has 108 valence electrons. The topological polar surface area (TPSA) is 64.0 Å². The first-order chi connectivity index (χ1) is 9.31. The van der Waals surface area contributed by atoms with Crippen LogP contribution in [0.5, 0.6) is 0 Å². The first-order valence-corrected chi connectivity index (χ1v) is 8.10. The molecule has 5 nitrogen and oxygen atoms in total. The molecule has 8 heteroatoms. The Kier molecular flexibility index (Phi) is 4.14. The average Bonchev–Trinajstić information content (AvgIpc) is 2.80. The molecule has 1 heterocycles. The van der Waals surface area contributed by atoms with E-state index in [0.717, 1.165) is 6.07 Å². The van der Waals surface area contributed by atoms with Crippen molar-refractivity contribution in [3.8, 4) is 0 Å². The van der Waals surface area contributed by atoms with Gasteiger partial charge in [-0.25, -0.2) is 17.5 Å². The number of sulfonamides is 1. The van der Waals surface area contributed by atoms with Gasteiger partial charge in [0.2, 0.25) is 0 Å². The third kappa shape index (κ3) is 3.01. The van der Waals surface area contributed by atoms with Gasteiger partial charge >= 0.3 is 0 Å². The number of hydrogen-bond acceptors (Lipinski definition) is 3. The molecule has 0 bridgehead atoms. The highest BCUT2D eigenvalue weighted by Crippen LogP contribution is 2.22. The highest BCUT2D eigenvalue weighted by atomic mass is 79.9. The van der Waals surface area contributed by atoms with Gasteiger partial charge in [-0.15, -0.1) is 0 Å². The SMILES string of the molecule is CC(C)n1nccc1NS(=O)(=O)c1ccc(Br)c(F)c1. The Labute approximate surface area is 125 Å². The van der Waals surface area contributed by atoms with Crippen LogP contribution in [0.25, 0.3) is 0 Å². The lowest BCUT2D eigenvalue weighted by atomic mass is 10.3. The van der Waals surface area contributed by atoms with Gasteiger partial charge < -0.3 is 0 Å². The van der Waals surface area contributed by atoms with E-state index in [2.05, 4.69) is 25.8 Å². The van der Waals surface area contributed by atoms with Gasteiger partial charge in [0.25, 0.3) is 10.0 Å². The van der Waals surface area contributed by atoms with Gasteiger partial charge in [-0.2, -0.15) is 5.10 Å². The van der Waals surface area contributed by atoms with E-state index in [4.69, 9.17) is 0 Å². The first kappa shape index (κ1) is 15.0. The molecule has 2 rings (SSSR count). The molecule has 1 N–H and O–H groups in total. The van der Waals surface area contributed by atoms with Gasteiger partial charge in [0, 0.05) is 12.1 Å². The van der Waals surface area contributed by atoms with Crippen LogP contribution in [-0.2, 0) is 10.0 Å². The van der Waals surface area contributed by atoms with E-state index < -0.39 is 15.8 Å². The lowest BCUT2D eigenvalue weighted by molar-refractivity contribution is 0.539. The van der Waals surface area contributed by atoms with E-state index in [1.165, 1.54) is 23.0 Å². The normalized spacial score (nSPS) is 11.8. The largest absolute Gasteiger partial charge is 0.264 e. The summed E-state index contributed by atoms with van der Waals surface area (Å²) in [4.78, 5) is -0.144. The Morgan fingerprint density at radius 3 is 2.65 bits per heavy atom. The Bertz CT molecular complexity index is 728. The molecule has 0 amide bonds. The Morgan fingerprint density at radius 1 is 1.35 bits per heavy atom. The average molecular weight is 362 g/mol. The van der Waals surface area contributed by atoms with E-state index >= 15 is 0 Å². The first-order valence-electron chi connectivity index (χ1n) is 5.82. The second-order valence-corrected chi connectivity index (χ2v) is 6.97. The minimum Gasteiger partial charge on any atom is -0.264 e. The highest BCUT2D eigenvalue weighted by Gasteiger charge is 2.18. The molecule has 0 atom stereocenters. The van der Waals surface area contributed by atoms with Gasteiger partial charge in [0.05, 0.1) is 15.6 Å². The van der Waals surface area contributed by atoms with Gasteiger partial charge in [-0.05, 0) is 48.0 Å². The maximum Gasteiger partial charge on any atom is 0.263 e. The summed E-state index contributed by atoms with van der Waals surface area (Å²) < 4.78 is 42.0. The zero-order valence-corrected chi connectivity index (χ0v) is 13.2. The van der Waals surface area contributed by atoms with Gasteiger partial charge in [0.1, 0.15) is 11.6 Å². The molecular weight excluding hydrogens is 349 g/mol. The van der Waals surface area contributed by atoms with Crippen molar-refractivity contribution in [1.82, 2.24) is 9.78 Å². The van der Waals surface area contributed by atoms with Crippen molar-refractivity contribution in [2.45, 2.75) is 24.8 Å². The summed E-state index contributed by atoms with van der Waals surface area (Å²) in [6.07, 6.45) is 1.50. The standard InChI is InChI=1S/C12H13BrFN3O2S/c1-8(2)17-12(5-6-15-17)16-20(18,19)9-3-4-10(13)11(14)7-9/h3-8,16H,1-2H3. The van der Waals surface area contributed by atoms with Crippen LogP contribution in [0.15, 0.2) is 39.8 Å². The maximum atomic E-state index is 13.4. The minimum atomic E-state index is -3.85. The summed E-state index contributed by atoms with van der Waals surface area (Å²) in [5.74, 6) is -0.298. The summed E-state index contributed by atoms with van der Waals surface area (Å²) in [5, 5.41) is 4.03. The summed E-state index contributed by atoms with van der Waals surface area (Å²) in [6.45, 7) is 3.76. The second kappa shape index (κ2) is 5.53. The van der Waals surface area contributed by atoms with Crippen LogP contribution in [0.3, 0.4) is 0 Å². The number of aromatic nitrogens is 2. The quantitative estimate of drug-likeness (QED) is 0.909. The summed E-state index contributed by atoms with van der Waals surface area (Å²) >= 11 is 2.98. The monoisotopic (exact) mass is 361 g/mol. The summed E-state index contributed by atoms with van der Waals surface area (Å²) in [7, 11) is -3.85. The molecule has 0 radical (unpaired) electrons. The van der Waals surface area contributed by atoms with E-state index in [1.807, 2.05) is 13.8 Å². The van der Waals surface area contributed by atoms with Crippen LogP contribution in [0.1, 0.15) is 19.9 Å². The molecule has 0 saturated carbocycles. The molecular formula is C12H13BrFN3O2S. The van der Waals surface area contributed by atoms with Crippen molar-refractivity contribution >= 4 is 31.8 Å². The number of halogens is 2. The van der Waals surface area contributed by atoms with E-state index in [0.29, 0.717) is 5.82 Å². The fourth-order valence-corrected chi connectivity index (χ4v) is 2.95. The fraction of sp³-hybridized carbons (Fsp3) is 0.250. The predicted molar refractivity (Wildman–Crippen MR) is 77.5 cm³/mol. The number of nitrogens with one attached hydrogen (secondary N) is 1. The Hall–Kier alpha value is -1.41. The van der Waals surface area contributed by atoms with Crippen molar-refractivity contribution in [2.24, 2.45) is 0 Å². The zero-order valence-electron chi connectivity index (χ0n) is 10.8.